The molecule has 0 bridgehead atoms. The second-order valence-electron chi connectivity index (χ2n) is 1.11. The average Bonchev–Trinajstić information content (AvgIpc) is 1.65. The quantitative estimate of drug-likeness (QED) is 0.238. The van der Waals surface area contributed by atoms with Crippen molar-refractivity contribution in [3.05, 3.63) is 0 Å². The summed E-state index contributed by atoms with van der Waals surface area (Å²) in [6, 6.07) is 0. The summed E-state index contributed by atoms with van der Waals surface area (Å²) in [5.41, 5.74) is 0. The molecule has 1 N–H and O–H groups in total. The first kappa shape index (κ1) is 12.0. The van der Waals surface area contributed by atoms with Gasteiger partial charge in [-0.2, -0.15) is 0 Å². The maximum atomic E-state index is 9.96. The predicted octanol–water partition coefficient (Wildman–Crippen LogP) is -4.48. The molecular weight excluding hydrogens is 153 g/mol. The Morgan fingerprint density at radius 1 is 1.88 bits per heavy atom. The van der Waals surface area contributed by atoms with Crippen molar-refractivity contribution in [3.63, 3.8) is 0 Å². The SMILES string of the molecule is CN(CO)C([O-])=S.[K+]. The van der Waals surface area contributed by atoms with Gasteiger partial charge in [-0.05, 0) is 0 Å². The number of aliphatic hydroxyl groups excluding tert-OH is 1. The number of nitrogens with zero attached hydrogens (tertiary/aromatic N) is 1. The Balaban J connectivity index is 0. The Bertz CT molecular complexity index is 79.7. The molecule has 0 rings (SSSR count). The van der Waals surface area contributed by atoms with E-state index in [2.05, 4.69) is 12.2 Å². The van der Waals surface area contributed by atoms with E-state index in [9.17, 15) is 5.11 Å². The van der Waals surface area contributed by atoms with Gasteiger partial charge >= 0.3 is 51.4 Å². The van der Waals surface area contributed by atoms with E-state index in [1.54, 1.807) is 0 Å². The van der Waals surface area contributed by atoms with Crippen molar-refractivity contribution in [1.82, 2.24) is 4.90 Å². The molecule has 0 saturated carbocycles. The number of hydrogen-bond acceptors (Lipinski definition) is 3. The second kappa shape index (κ2) is 6.41. The summed E-state index contributed by atoms with van der Waals surface area (Å²) in [6.45, 7) is -0.303. The molecule has 0 atom stereocenters. The van der Waals surface area contributed by atoms with Crippen LogP contribution < -0.4 is 56.5 Å². The first-order valence-electron chi connectivity index (χ1n) is 1.71. The van der Waals surface area contributed by atoms with Crippen LogP contribution in [-0.4, -0.2) is 29.0 Å². The van der Waals surface area contributed by atoms with Crippen LogP contribution in [0.4, 0.5) is 0 Å². The fraction of sp³-hybridized carbons (Fsp3) is 0.667. The van der Waals surface area contributed by atoms with Gasteiger partial charge < -0.3 is 15.1 Å². The molecule has 0 saturated heterocycles. The molecular formula is C3H6KNO2S. The van der Waals surface area contributed by atoms with Crippen LogP contribution in [0.25, 0.3) is 0 Å². The van der Waals surface area contributed by atoms with Gasteiger partial charge in [-0.1, -0.05) is 12.2 Å². The molecule has 0 aromatic rings. The second-order valence-corrected chi connectivity index (χ2v) is 1.45. The average molecular weight is 159 g/mol. The fourth-order valence-electron chi connectivity index (χ4n) is 0.0577. The van der Waals surface area contributed by atoms with Crippen LogP contribution in [-0.2, 0) is 0 Å². The molecule has 0 aliphatic heterocycles. The zero-order valence-corrected chi connectivity index (χ0v) is 8.86. The minimum Gasteiger partial charge on any atom is -0.852 e. The van der Waals surface area contributed by atoms with Gasteiger partial charge in [0.2, 0.25) is 0 Å². The summed E-state index contributed by atoms with van der Waals surface area (Å²) >= 11 is 4.13. The van der Waals surface area contributed by atoms with Crippen LogP contribution in [0.2, 0.25) is 0 Å². The number of aliphatic hydroxyl groups is 1. The van der Waals surface area contributed by atoms with Gasteiger partial charge in [-0.25, -0.2) is 0 Å². The minimum atomic E-state index is -0.539. The van der Waals surface area contributed by atoms with Gasteiger partial charge in [0, 0.05) is 12.2 Å². The van der Waals surface area contributed by atoms with Crippen molar-refractivity contribution in [1.29, 1.82) is 0 Å². The Labute approximate surface area is 96.1 Å². The van der Waals surface area contributed by atoms with Crippen molar-refractivity contribution in [3.8, 4) is 0 Å². The molecule has 0 amide bonds. The third kappa shape index (κ3) is 5.42. The van der Waals surface area contributed by atoms with E-state index >= 15 is 0 Å². The monoisotopic (exact) mass is 159 g/mol. The van der Waals surface area contributed by atoms with Crippen LogP contribution in [0.15, 0.2) is 0 Å². The van der Waals surface area contributed by atoms with Crippen molar-refractivity contribution >= 4 is 17.4 Å². The molecule has 8 heavy (non-hydrogen) atoms. The van der Waals surface area contributed by atoms with E-state index in [1.807, 2.05) is 0 Å². The molecule has 0 aliphatic carbocycles. The van der Waals surface area contributed by atoms with Gasteiger partial charge in [-0.15, -0.1) is 0 Å². The first-order chi connectivity index (χ1) is 3.18. The summed E-state index contributed by atoms with van der Waals surface area (Å²) in [7, 11) is 1.43. The Morgan fingerprint density at radius 3 is 2.25 bits per heavy atom. The zero-order valence-electron chi connectivity index (χ0n) is 4.92. The molecule has 42 valence electrons. The predicted molar refractivity (Wildman–Crippen MR) is 27.4 cm³/mol. The summed E-state index contributed by atoms with van der Waals surface area (Å²) in [6.07, 6.45) is 0. The Hall–Kier alpha value is 1.29. The van der Waals surface area contributed by atoms with E-state index in [0.717, 1.165) is 4.90 Å². The maximum Gasteiger partial charge on any atom is 1.00 e. The van der Waals surface area contributed by atoms with E-state index in [4.69, 9.17) is 5.11 Å². The topological polar surface area (TPSA) is 46.5 Å². The number of rotatable bonds is 1. The molecule has 0 aromatic heterocycles. The standard InChI is InChI=1S/C3H7NO2S.K/c1-4(2-5)3(6)7;/h5H,2H2,1H3,(H,6,7);/q;+1/p-1. The van der Waals surface area contributed by atoms with E-state index < -0.39 is 5.17 Å². The third-order valence-electron chi connectivity index (χ3n) is 0.524. The molecule has 5 heteroatoms. The minimum absolute atomic E-state index is 0. The van der Waals surface area contributed by atoms with E-state index in [0.29, 0.717) is 0 Å². The first-order valence-corrected chi connectivity index (χ1v) is 2.12. The fourth-order valence-corrected chi connectivity index (χ4v) is 0.115. The smallest absolute Gasteiger partial charge is 0.852 e. The van der Waals surface area contributed by atoms with Crippen LogP contribution in [0.5, 0.6) is 0 Å². The van der Waals surface area contributed by atoms with Crippen LogP contribution in [0.3, 0.4) is 0 Å². The number of hydrogen-bond donors (Lipinski definition) is 1. The van der Waals surface area contributed by atoms with Crippen LogP contribution >= 0.6 is 12.2 Å². The summed E-state index contributed by atoms with van der Waals surface area (Å²) in [5, 5.41) is 17.6. The normalized spacial score (nSPS) is 7.25. The Kier molecular flexibility index (Phi) is 9.62. The molecule has 0 spiro atoms. The molecule has 0 aromatic carbocycles. The van der Waals surface area contributed by atoms with Crippen LogP contribution in [0, 0.1) is 0 Å². The van der Waals surface area contributed by atoms with Gasteiger partial charge in [0.1, 0.15) is 6.73 Å². The summed E-state index contributed by atoms with van der Waals surface area (Å²) < 4.78 is 0. The number of thiocarbonyl (C=S) groups is 1. The molecule has 0 heterocycles. The molecule has 0 unspecified atom stereocenters. The molecule has 0 fully saturated rings. The van der Waals surface area contributed by atoms with Gasteiger partial charge in [0.05, 0.1) is 0 Å². The van der Waals surface area contributed by atoms with Crippen molar-refractivity contribution < 1.29 is 61.6 Å². The van der Waals surface area contributed by atoms with E-state index in [1.165, 1.54) is 7.05 Å². The maximum absolute atomic E-state index is 9.96. The van der Waals surface area contributed by atoms with E-state index in [-0.39, 0.29) is 58.1 Å². The third-order valence-corrected chi connectivity index (χ3v) is 0.835. The molecule has 0 radical (unpaired) electrons. The van der Waals surface area contributed by atoms with Crippen LogP contribution in [0.1, 0.15) is 0 Å². The van der Waals surface area contributed by atoms with Crippen molar-refractivity contribution in [2.75, 3.05) is 13.8 Å². The van der Waals surface area contributed by atoms with Crippen molar-refractivity contribution in [2.45, 2.75) is 0 Å². The zero-order chi connectivity index (χ0) is 5.86. The summed E-state index contributed by atoms with van der Waals surface area (Å²) in [5.74, 6) is 0. The van der Waals surface area contributed by atoms with Gasteiger partial charge in [-0.3, -0.25) is 0 Å². The van der Waals surface area contributed by atoms with Gasteiger partial charge in [0.25, 0.3) is 0 Å². The van der Waals surface area contributed by atoms with Crippen molar-refractivity contribution in [2.24, 2.45) is 0 Å². The molecule has 0 aliphatic rings. The van der Waals surface area contributed by atoms with Gasteiger partial charge in [0.15, 0.2) is 0 Å². The largest absolute Gasteiger partial charge is 1.00 e. The summed E-state index contributed by atoms with van der Waals surface area (Å²) in [4.78, 5) is 1.02. The Morgan fingerprint density at radius 2 is 2.25 bits per heavy atom. The molecule has 3 nitrogen and oxygen atoms in total.